The highest BCUT2D eigenvalue weighted by molar-refractivity contribution is 9.11. The minimum absolute atomic E-state index is 0.496. The largest absolute Gasteiger partial charge is 0.487 e. The molecule has 4 rings (SSSR count). The predicted octanol–water partition coefficient (Wildman–Crippen LogP) is 7.69. The summed E-state index contributed by atoms with van der Waals surface area (Å²) in [7, 11) is 0. The Morgan fingerprint density at radius 3 is 2.25 bits per heavy atom. The molecule has 28 heavy (non-hydrogen) atoms. The molecule has 0 aliphatic heterocycles. The molecular formula is C24H17Br2NO. The molecule has 0 fully saturated rings. The van der Waals surface area contributed by atoms with Gasteiger partial charge in [-0.25, -0.2) is 0 Å². The topological polar surface area (TPSA) is 21.6 Å². The molecule has 0 amide bonds. The molecule has 0 saturated heterocycles. The first-order valence-corrected chi connectivity index (χ1v) is 10.5. The molecule has 2 nitrogen and oxygen atoms in total. The maximum absolute atomic E-state index is 6.14. The zero-order valence-corrected chi connectivity index (χ0v) is 18.2. The fourth-order valence-corrected chi connectivity index (χ4v) is 4.47. The summed E-state index contributed by atoms with van der Waals surface area (Å²) in [6.45, 7) is 0.496. The molecule has 0 aliphatic carbocycles. The van der Waals surface area contributed by atoms with E-state index in [4.69, 9.17) is 4.74 Å². The highest BCUT2D eigenvalue weighted by Crippen LogP contribution is 2.35. The summed E-state index contributed by atoms with van der Waals surface area (Å²) >= 11 is 7.26. The number of aliphatic imine (C=N–C) groups is 1. The normalized spacial score (nSPS) is 11.2. The Kier molecular flexibility index (Phi) is 5.89. The van der Waals surface area contributed by atoms with Gasteiger partial charge in [-0.3, -0.25) is 4.99 Å². The highest BCUT2D eigenvalue weighted by Gasteiger charge is 2.10. The van der Waals surface area contributed by atoms with Gasteiger partial charge in [0.05, 0.1) is 14.6 Å². The van der Waals surface area contributed by atoms with Crippen molar-refractivity contribution in [3.05, 3.63) is 105 Å². The molecule has 0 atom stereocenters. The monoisotopic (exact) mass is 493 g/mol. The van der Waals surface area contributed by atoms with Crippen molar-refractivity contribution in [2.45, 2.75) is 6.61 Å². The average molecular weight is 495 g/mol. The van der Waals surface area contributed by atoms with Gasteiger partial charge < -0.3 is 4.74 Å². The van der Waals surface area contributed by atoms with Crippen LogP contribution in [0.4, 0.5) is 5.69 Å². The molecule has 138 valence electrons. The van der Waals surface area contributed by atoms with E-state index in [1.54, 1.807) is 0 Å². The minimum Gasteiger partial charge on any atom is -0.487 e. The summed E-state index contributed by atoms with van der Waals surface area (Å²) in [5, 5.41) is 2.43. The Bertz CT molecular complexity index is 1110. The Morgan fingerprint density at radius 1 is 0.786 bits per heavy atom. The molecule has 0 N–H and O–H groups in total. The second-order valence-corrected chi connectivity index (χ2v) is 8.04. The summed E-state index contributed by atoms with van der Waals surface area (Å²) in [6, 6.07) is 28.5. The molecule has 0 aliphatic rings. The summed E-state index contributed by atoms with van der Waals surface area (Å²) in [5.41, 5.74) is 3.07. The molecule has 4 aromatic carbocycles. The lowest BCUT2D eigenvalue weighted by molar-refractivity contribution is 0.303. The first-order valence-electron chi connectivity index (χ1n) is 8.88. The van der Waals surface area contributed by atoms with Crippen molar-refractivity contribution in [2.24, 2.45) is 4.99 Å². The van der Waals surface area contributed by atoms with E-state index in [1.165, 1.54) is 10.8 Å². The number of ether oxygens (including phenoxy) is 1. The van der Waals surface area contributed by atoms with Gasteiger partial charge in [-0.2, -0.15) is 0 Å². The van der Waals surface area contributed by atoms with Gasteiger partial charge in [0, 0.05) is 6.21 Å². The molecule has 0 aromatic heterocycles. The molecule has 0 saturated carbocycles. The van der Waals surface area contributed by atoms with Crippen LogP contribution in [0.15, 0.2) is 98.9 Å². The lowest BCUT2D eigenvalue weighted by atomic mass is 10.1. The number of fused-ring (bicyclic) bond motifs is 1. The quantitative estimate of drug-likeness (QED) is 0.260. The fourth-order valence-electron chi connectivity index (χ4n) is 3.02. The van der Waals surface area contributed by atoms with Crippen molar-refractivity contribution >= 4 is 54.5 Å². The highest BCUT2D eigenvalue weighted by atomic mass is 79.9. The molecule has 0 heterocycles. The summed E-state index contributed by atoms with van der Waals surface area (Å²) in [6.07, 6.45) is 1.85. The Hall–Kier alpha value is -2.43. The molecule has 0 spiro atoms. The summed E-state index contributed by atoms with van der Waals surface area (Å²) in [5.74, 6) is 0.782. The van der Waals surface area contributed by atoms with Crippen LogP contribution in [0.25, 0.3) is 10.8 Å². The minimum atomic E-state index is 0.496. The van der Waals surface area contributed by atoms with Crippen molar-refractivity contribution < 1.29 is 4.74 Å². The third-order valence-corrected chi connectivity index (χ3v) is 5.57. The number of halogens is 2. The van der Waals surface area contributed by atoms with Gasteiger partial charge in [-0.15, -0.1) is 0 Å². The maximum Gasteiger partial charge on any atom is 0.148 e. The molecule has 4 heteroatoms. The average Bonchev–Trinajstić information content (AvgIpc) is 2.72. The third kappa shape index (κ3) is 4.34. The number of hydrogen-bond acceptors (Lipinski definition) is 2. The van der Waals surface area contributed by atoms with E-state index in [1.807, 2.05) is 48.7 Å². The predicted molar refractivity (Wildman–Crippen MR) is 124 cm³/mol. The van der Waals surface area contributed by atoms with Crippen molar-refractivity contribution in [3.8, 4) is 5.75 Å². The van der Waals surface area contributed by atoms with E-state index < -0.39 is 0 Å². The Labute approximate surface area is 181 Å². The van der Waals surface area contributed by atoms with E-state index in [9.17, 15) is 0 Å². The zero-order valence-electron chi connectivity index (χ0n) is 15.0. The van der Waals surface area contributed by atoms with Crippen molar-refractivity contribution in [3.63, 3.8) is 0 Å². The number of para-hydroxylation sites is 1. The van der Waals surface area contributed by atoms with E-state index >= 15 is 0 Å². The van der Waals surface area contributed by atoms with Crippen LogP contribution in [0.2, 0.25) is 0 Å². The van der Waals surface area contributed by atoms with Crippen molar-refractivity contribution in [2.75, 3.05) is 0 Å². The first kappa shape index (κ1) is 18.9. The smallest absolute Gasteiger partial charge is 0.148 e. The van der Waals surface area contributed by atoms with Gasteiger partial charge in [0.15, 0.2) is 0 Å². The Morgan fingerprint density at radius 2 is 1.46 bits per heavy atom. The second-order valence-electron chi connectivity index (χ2n) is 6.33. The van der Waals surface area contributed by atoms with E-state index in [0.29, 0.717) is 6.61 Å². The standard InChI is InChI=1S/C24H17Br2NO/c25-22-13-17(15-27-20-10-2-1-3-11-20)14-23(26)24(22)28-16-19-9-6-8-18-7-4-5-12-21(18)19/h1-15H,16H2. The summed E-state index contributed by atoms with van der Waals surface area (Å²) in [4.78, 5) is 4.51. The number of hydrogen-bond donors (Lipinski definition) is 0. The van der Waals surface area contributed by atoms with E-state index in [2.05, 4.69) is 79.3 Å². The lowest BCUT2D eigenvalue weighted by Crippen LogP contribution is -1.98. The second kappa shape index (κ2) is 8.72. The molecule has 4 aromatic rings. The van der Waals surface area contributed by atoms with E-state index in [0.717, 1.165) is 31.5 Å². The van der Waals surface area contributed by atoms with Crippen LogP contribution >= 0.6 is 31.9 Å². The number of rotatable bonds is 5. The van der Waals surface area contributed by atoms with Crippen LogP contribution in [0.3, 0.4) is 0 Å². The van der Waals surface area contributed by atoms with Crippen LogP contribution < -0.4 is 4.74 Å². The maximum atomic E-state index is 6.14. The van der Waals surface area contributed by atoms with Gasteiger partial charge in [0.1, 0.15) is 12.4 Å². The SMILES string of the molecule is Brc1cc(C=Nc2ccccc2)cc(Br)c1OCc1cccc2ccccc12. The van der Waals surface area contributed by atoms with Crippen molar-refractivity contribution in [1.29, 1.82) is 0 Å². The summed E-state index contributed by atoms with van der Waals surface area (Å²) < 4.78 is 7.91. The van der Waals surface area contributed by atoms with Gasteiger partial charge in [0.25, 0.3) is 0 Å². The Balaban J connectivity index is 1.54. The zero-order chi connectivity index (χ0) is 19.3. The third-order valence-electron chi connectivity index (χ3n) is 4.39. The van der Waals surface area contributed by atoms with Gasteiger partial charge in [0.2, 0.25) is 0 Å². The van der Waals surface area contributed by atoms with Gasteiger partial charge in [-0.05, 0) is 78.0 Å². The van der Waals surface area contributed by atoms with Crippen LogP contribution in [-0.2, 0) is 6.61 Å². The number of benzene rings is 4. The van der Waals surface area contributed by atoms with Gasteiger partial charge >= 0.3 is 0 Å². The van der Waals surface area contributed by atoms with Crippen molar-refractivity contribution in [1.82, 2.24) is 0 Å². The van der Waals surface area contributed by atoms with Gasteiger partial charge in [-0.1, -0.05) is 60.7 Å². The molecule has 0 radical (unpaired) electrons. The molecule has 0 unspecified atom stereocenters. The van der Waals surface area contributed by atoms with Crippen LogP contribution in [0.5, 0.6) is 5.75 Å². The van der Waals surface area contributed by atoms with Crippen LogP contribution in [0, 0.1) is 0 Å². The fraction of sp³-hybridized carbons (Fsp3) is 0.0417. The lowest BCUT2D eigenvalue weighted by Gasteiger charge is -2.13. The first-order chi connectivity index (χ1) is 13.7. The molecule has 0 bridgehead atoms. The van der Waals surface area contributed by atoms with E-state index in [-0.39, 0.29) is 0 Å². The van der Waals surface area contributed by atoms with Crippen LogP contribution in [0.1, 0.15) is 11.1 Å². The number of nitrogens with zero attached hydrogens (tertiary/aromatic N) is 1. The van der Waals surface area contributed by atoms with Crippen LogP contribution in [-0.4, -0.2) is 6.21 Å². The molecular weight excluding hydrogens is 478 g/mol.